The highest BCUT2D eigenvalue weighted by Crippen LogP contribution is 2.40. The van der Waals surface area contributed by atoms with Gasteiger partial charge in [0.15, 0.2) is 0 Å². The highest BCUT2D eigenvalue weighted by molar-refractivity contribution is 9.10. The number of hydrogen-bond acceptors (Lipinski definition) is 1. The molecule has 0 aliphatic heterocycles. The lowest BCUT2D eigenvalue weighted by molar-refractivity contribution is 0.312. The minimum Gasteiger partial charge on any atom is -0.428 e. The van der Waals surface area contributed by atoms with Crippen molar-refractivity contribution < 1.29 is 4.43 Å². The zero-order valence-electron chi connectivity index (χ0n) is 15.2. The standard InChI is InChI=1S/C23H25BrOSi/c24-22-14-12-19(13-15-22)18-23(16-7-17-25-26,20-8-3-1-4-9-20)21-10-5-2-6-11-21/h1-6,8-15H,7,16-18H2,26H3. The second-order valence-electron chi connectivity index (χ2n) is 6.71. The summed E-state index contributed by atoms with van der Waals surface area (Å²) in [4.78, 5) is 0. The van der Waals surface area contributed by atoms with Gasteiger partial charge in [-0.2, -0.15) is 0 Å². The van der Waals surface area contributed by atoms with Gasteiger partial charge in [0, 0.05) is 16.5 Å². The molecule has 0 aliphatic carbocycles. The van der Waals surface area contributed by atoms with Crippen LogP contribution in [0.1, 0.15) is 29.5 Å². The lowest BCUT2D eigenvalue weighted by Gasteiger charge is -2.36. The van der Waals surface area contributed by atoms with Crippen molar-refractivity contribution in [2.75, 3.05) is 6.61 Å². The Kier molecular flexibility index (Phi) is 6.84. The maximum atomic E-state index is 5.51. The molecule has 134 valence electrons. The van der Waals surface area contributed by atoms with Crippen molar-refractivity contribution in [2.45, 2.75) is 24.7 Å². The molecule has 0 saturated carbocycles. The predicted molar refractivity (Wildman–Crippen MR) is 117 cm³/mol. The summed E-state index contributed by atoms with van der Waals surface area (Å²) in [5.41, 5.74) is 4.06. The largest absolute Gasteiger partial charge is 0.428 e. The van der Waals surface area contributed by atoms with Crippen LogP contribution in [0.25, 0.3) is 0 Å². The molecule has 26 heavy (non-hydrogen) atoms. The normalized spacial score (nSPS) is 11.6. The molecule has 0 amide bonds. The lowest BCUT2D eigenvalue weighted by atomic mass is 9.67. The summed E-state index contributed by atoms with van der Waals surface area (Å²) >= 11 is 3.55. The van der Waals surface area contributed by atoms with Crippen LogP contribution in [0.3, 0.4) is 0 Å². The van der Waals surface area contributed by atoms with Crippen LogP contribution >= 0.6 is 15.9 Å². The molecule has 3 aromatic rings. The Bertz CT molecular complexity index is 748. The van der Waals surface area contributed by atoms with E-state index in [0.29, 0.717) is 0 Å². The van der Waals surface area contributed by atoms with Crippen LogP contribution in [-0.4, -0.2) is 17.1 Å². The van der Waals surface area contributed by atoms with Gasteiger partial charge >= 0.3 is 0 Å². The third kappa shape index (κ3) is 4.53. The quantitative estimate of drug-likeness (QED) is 0.362. The summed E-state index contributed by atoms with van der Waals surface area (Å²) in [5.74, 6) is 0. The van der Waals surface area contributed by atoms with Gasteiger partial charge in [0.25, 0.3) is 0 Å². The fourth-order valence-electron chi connectivity index (χ4n) is 3.73. The van der Waals surface area contributed by atoms with E-state index in [0.717, 1.165) is 40.8 Å². The first kappa shape index (κ1) is 19.1. The van der Waals surface area contributed by atoms with Crippen LogP contribution in [0, 0.1) is 0 Å². The first-order chi connectivity index (χ1) is 12.7. The monoisotopic (exact) mass is 424 g/mol. The SMILES string of the molecule is [SiH3]OCCCC(Cc1ccc(Br)cc1)(c1ccccc1)c1ccccc1. The van der Waals surface area contributed by atoms with E-state index in [1.807, 2.05) is 0 Å². The molecule has 0 atom stereocenters. The summed E-state index contributed by atoms with van der Waals surface area (Å²) < 4.78 is 6.63. The average molecular weight is 425 g/mol. The van der Waals surface area contributed by atoms with Gasteiger partial charge < -0.3 is 4.43 Å². The minimum atomic E-state index is -0.0452. The maximum absolute atomic E-state index is 5.51. The van der Waals surface area contributed by atoms with Gasteiger partial charge in [0.1, 0.15) is 10.5 Å². The topological polar surface area (TPSA) is 9.23 Å². The zero-order chi connectivity index (χ0) is 18.2. The van der Waals surface area contributed by atoms with Crippen molar-refractivity contribution in [3.63, 3.8) is 0 Å². The molecule has 0 unspecified atom stereocenters. The van der Waals surface area contributed by atoms with E-state index in [4.69, 9.17) is 4.43 Å². The molecule has 3 aromatic carbocycles. The van der Waals surface area contributed by atoms with E-state index in [1.165, 1.54) is 16.7 Å². The lowest BCUT2D eigenvalue weighted by Crippen LogP contribution is -2.31. The Morgan fingerprint density at radius 3 is 1.81 bits per heavy atom. The highest BCUT2D eigenvalue weighted by Gasteiger charge is 2.33. The first-order valence-corrected chi connectivity index (χ1v) is 10.7. The summed E-state index contributed by atoms with van der Waals surface area (Å²) in [7, 11) is 0.801. The molecule has 0 radical (unpaired) electrons. The Morgan fingerprint density at radius 2 is 1.31 bits per heavy atom. The van der Waals surface area contributed by atoms with E-state index >= 15 is 0 Å². The van der Waals surface area contributed by atoms with E-state index in [9.17, 15) is 0 Å². The molecule has 0 aromatic heterocycles. The van der Waals surface area contributed by atoms with Crippen molar-refractivity contribution in [3.05, 3.63) is 106 Å². The predicted octanol–water partition coefficient (Wildman–Crippen LogP) is 5.06. The van der Waals surface area contributed by atoms with Crippen molar-refractivity contribution in [1.29, 1.82) is 0 Å². The molecular formula is C23H25BrOSi. The molecule has 0 fully saturated rings. The Morgan fingerprint density at radius 1 is 0.769 bits per heavy atom. The molecule has 0 heterocycles. The Balaban J connectivity index is 2.08. The summed E-state index contributed by atoms with van der Waals surface area (Å²) in [6, 6.07) is 30.6. The zero-order valence-corrected chi connectivity index (χ0v) is 18.8. The first-order valence-electron chi connectivity index (χ1n) is 9.09. The van der Waals surface area contributed by atoms with Crippen LogP contribution in [0.2, 0.25) is 0 Å². The molecule has 3 rings (SSSR count). The van der Waals surface area contributed by atoms with Gasteiger partial charge in [-0.3, -0.25) is 0 Å². The van der Waals surface area contributed by atoms with E-state index in [1.54, 1.807) is 0 Å². The van der Waals surface area contributed by atoms with Crippen LogP contribution in [0.15, 0.2) is 89.4 Å². The van der Waals surface area contributed by atoms with Crippen molar-refractivity contribution in [3.8, 4) is 0 Å². The number of hydrogen-bond donors (Lipinski definition) is 0. The number of benzene rings is 3. The summed E-state index contributed by atoms with van der Waals surface area (Å²) in [6.07, 6.45) is 3.11. The number of halogens is 1. The summed E-state index contributed by atoms with van der Waals surface area (Å²) in [6.45, 7) is 0.841. The molecule has 0 bridgehead atoms. The third-order valence-corrected chi connectivity index (χ3v) is 5.96. The van der Waals surface area contributed by atoms with Crippen LogP contribution in [0.4, 0.5) is 0 Å². The van der Waals surface area contributed by atoms with Crippen molar-refractivity contribution in [1.82, 2.24) is 0 Å². The van der Waals surface area contributed by atoms with Gasteiger partial charge in [0.05, 0.1) is 0 Å². The molecule has 0 spiro atoms. The Hall–Kier alpha value is -1.68. The van der Waals surface area contributed by atoms with E-state index in [2.05, 4.69) is 101 Å². The van der Waals surface area contributed by atoms with Crippen LogP contribution in [0.5, 0.6) is 0 Å². The van der Waals surface area contributed by atoms with E-state index in [-0.39, 0.29) is 5.41 Å². The highest BCUT2D eigenvalue weighted by atomic mass is 79.9. The molecule has 0 N–H and O–H groups in total. The van der Waals surface area contributed by atoms with Crippen LogP contribution in [-0.2, 0) is 16.3 Å². The minimum absolute atomic E-state index is 0.0452. The molecule has 3 heteroatoms. The molecule has 0 aliphatic rings. The van der Waals surface area contributed by atoms with Gasteiger partial charge in [-0.05, 0) is 48.1 Å². The second-order valence-corrected chi connectivity index (χ2v) is 8.21. The van der Waals surface area contributed by atoms with Gasteiger partial charge in [0.2, 0.25) is 0 Å². The second kappa shape index (κ2) is 9.31. The van der Waals surface area contributed by atoms with Gasteiger partial charge in [-0.25, -0.2) is 0 Å². The molecular weight excluding hydrogens is 400 g/mol. The maximum Gasteiger partial charge on any atom is 0.145 e. The third-order valence-electron chi connectivity index (χ3n) is 5.02. The molecule has 0 saturated heterocycles. The Labute approximate surface area is 168 Å². The fraction of sp³-hybridized carbons (Fsp3) is 0.217. The van der Waals surface area contributed by atoms with Gasteiger partial charge in [-0.1, -0.05) is 88.7 Å². The van der Waals surface area contributed by atoms with E-state index < -0.39 is 0 Å². The average Bonchev–Trinajstić information content (AvgIpc) is 2.70. The molecule has 1 nitrogen and oxygen atoms in total. The van der Waals surface area contributed by atoms with Crippen molar-refractivity contribution >= 4 is 26.4 Å². The number of rotatable bonds is 8. The van der Waals surface area contributed by atoms with Crippen LogP contribution < -0.4 is 0 Å². The van der Waals surface area contributed by atoms with Crippen molar-refractivity contribution in [2.24, 2.45) is 0 Å². The smallest absolute Gasteiger partial charge is 0.145 e. The summed E-state index contributed by atoms with van der Waals surface area (Å²) in [5, 5.41) is 0. The van der Waals surface area contributed by atoms with Gasteiger partial charge in [-0.15, -0.1) is 0 Å². The fourth-order valence-corrected chi connectivity index (χ4v) is 4.28.